The third-order valence-electron chi connectivity index (χ3n) is 5.55. The van der Waals surface area contributed by atoms with Gasteiger partial charge in [0.2, 0.25) is 11.8 Å². The average Bonchev–Trinajstić information content (AvgIpc) is 2.88. The van der Waals surface area contributed by atoms with Gasteiger partial charge in [-0.1, -0.05) is 72.3 Å². The molecule has 0 aliphatic rings. The summed E-state index contributed by atoms with van der Waals surface area (Å²) in [6.45, 7) is 2.68. The van der Waals surface area contributed by atoms with Crippen molar-refractivity contribution in [2.75, 3.05) is 19.4 Å². The van der Waals surface area contributed by atoms with Gasteiger partial charge in [-0.2, -0.15) is 0 Å². The Morgan fingerprint density at radius 3 is 2.43 bits per heavy atom. The van der Waals surface area contributed by atoms with E-state index in [0.29, 0.717) is 36.0 Å². The van der Waals surface area contributed by atoms with Gasteiger partial charge in [0.25, 0.3) is 0 Å². The molecule has 0 fully saturated rings. The largest absolute Gasteiger partial charge is 0.497 e. The quantitative estimate of drug-likeness (QED) is 0.356. The Balaban J connectivity index is 1.85. The number of amides is 2. The van der Waals surface area contributed by atoms with E-state index in [2.05, 4.69) is 5.32 Å². The smallest absolute Gasteiger partial charge is 0.243 e. The zero-order chi connectivity index (χ0) is 25.0. The van der Waals surface area contributed by atoms with Crippen LogP contribution in [-0.4, -0.2) is 42.2 Å². The number of carbonyl (C=O) groups is 2. The summed E-state index contributed by atoms with van der Waals surface area (Å²) < 4.78 is 5.36. The SMILES string of the molecule is CCNC(=O)[C@H](Cc1ccccc1)N(Cc1cccc(OC)c1)C(=O)CSCc1ccccc1Cl. The number of thioether (sulfide) groups is 1. The summed E-state index contributed by atoms with van der Waals surface area (Å²) in [6.07, 6.45) is 0.428. The fourth-order valence-corrected chi connectivity index (χ4v) is 4.96. The molecule has 1 atom stereocenters. The highest BCUT2D eigenvalue weighted by molar-refractivity contribution is 7.99. The lowest BCUT2D eigenvalue weighted by atomic mass is 10.0. The molecular formula is C28H31ClN2O3S. The van der Waals surface area contributed by atoms with Gasteiger partial charge in [-0.05, 0) is 41.8 Å². The maximum absolute atomic E-state index is 13.6. The van der Waals surface area contributed by atoms with E-state index in [0.717, 1.165) is 16.7 Å². The molecule has 0 aromatic heterocycles. The number of nitrogens with one attached hydrogen (secondary N) is 1. The van der Waals surface area contributed by atoms with E-state index in [4.69, 9.17) is 16.3 Å². The normalized spacial score (nSPS) is 11.5. The summed E-state index contributed by atoms with van der Waals surface area (Å²) in [6, 6.07) is 24.4. The van der Waals surface area contributed by atoms with Crippen molar-refractivity contribution in [3.05, 3.63) is 101 Å². The number of ether oxygens (including phenoxy) is 1. The van der Waals surface area contributed by atoms with Crippen LogP contribution in [0.2, 0.25) is 5.02 Å². The van der Waals surface area contributed by atoms with Gasteiger partial charge in [-0.15, -0.1) is 11.8 Å². The molecule has 7 heteroatoms. The molecule has 1 N–H and O–H groups in total. The van der Waals surface area contributed by atoms with Gasteiger partial charge in [0.15, 0.2) is 0 Å². The topological polar surface area (TPSA) is 58.6 Å². The average molecular weight is 511 g/mol. The first-order chi connectivity index (χ1) is 17.0. The van der Waals surface area contributed by atoms with Crippen molar-refractivity contribution in [2.45, 2.75) is 31.7 Å². The van der Waals surface area contributed by atoms with E-state index < -0.39 is 6.04 Å². The zero-order valence-corrected chi connectivity index (χ0v) is 21.6. The highest BCUT2D eigenvalue weighted by atomic mass is 35.5. The molecule has 0 aliphatic carbocycles. The lowest BCUT2D eigenvalue weighted by Gasteiger charge is -2.31. The van der Waals surface area contributed by atoms with E-state index in [1.54, 1.807) is 12.0 Å². The van der Waals surface area contributed by atoms with Crippen LogP contribution in [0.15, 0.2) is 78.9 Å². The standard InChI is InChI=1S/C28H31ClN2O3S/c1-3-30-28(33)26(17-21-10-5-4-6-11-21)31(18-22-12-9-14-24(16-22)34-2)27(32)20-35-19-23-13-7-8-15-25(23)29/h4-16,26H,3,17-20H2,1-2H3,(H,30,33)/t26-/m0/s1. The van der Waals surface area contributed by atoms with Gasteiger partial charge < -0.3 is 15.0 Å². The summed E-state index contributed by atoms with van der Waals surface area (Å²) in [4.78, 5) is 28.5. The molecule has 3 aromatic rings. The summed E-state index contributed by atoms with van der Waals surface area (Å²) in [7, 11) is 1.61. The first-order valence-corrected chi connectivity index (χ1v) is 13.1. The Kier molecular flexibility index (Phi) is 10.5. The third-order valence-corrected chi connectivity index (χ3v) is 6.89. The predicted octanol–water partition coefficient (Wildman–Crippen LogP) is 5.36. The number of rotatable bonds is 12. The van der Waals surface area contributed by atoms with Crippen LogP contribution in [0.4, 0.5) is 0 Å². The van der Waals surface area contributed by atoms with Crippen LogP contribution in [0.5, 0.6) is 5.75 Å². The second-order valence-electron chi connectivity index (χ2n) is 8.06. The van der Waals surface area contributed by atoms with Crippen LogP contribution in [-0.2, 0) is 28.3 Å². The monoisotopic (exact) mass is 510 g/mol. The Morgan fingerprint density at radius 2 is 1.71 bits per heavy atom. The number of halogens is 1. The maximum atomic E-state index is 13.6. The van der Waals surface area contributed by atoms with E-state index >= 15 is 0 Å². The van der Waals surface area contributed by atoms with Crippen LogP contribution in [0.1, 0.15) is 23.6 Å². The second-order valence-corrected chi connectivity index (χ2v) is 9.45. The number of benzene rings is 3. The molecule has 0 unspecified atom stereocenters. The Bertz CT molecular complexity index is 1110. The molecule has 0 radical (unpaired) electrons. The summed E-state index contributed by atoms with van der Waals surface area (Å²) in [5.74, 6) is 1.30. The van der Waals surface area contributed by atoms with Crippen molar-refractivity contribution in [2.24, 2.45) is 0 Å². The number of nitrogens with zero attached hydrogens (tertiary/aromatic N) is 1. The molecule has 0 bridgehead atoms. The fourth-order valence-electron chi connectivity index (χ4n) is 3.76. The van der Waals surface area contributed by atoms with E-state index in [1.165, 1.54) is 11.8 Å². The number of methoxy groups -OCH3 is 1. The van der Waals surface area contributed by atoms with Gasteiger partial charge in [0.05, 0.1) is 12.9 Å². The number of hydrogen-bond donors (Lipinski definition) is 1. The van der Waals surface area contributed by atoms with Crippen LogP contribution in [0, 0.1) is 0 Å². The fraction of sp³-hybridized carbons (Fsp3) is 0.286. The number of hydrogen-bond acceptors (Lipinski definition) is 4. The molecule has 2 amide bonds. The molecule has 35 heavy (non-hydrogen) atoms. The highest BCUT2D eigenvalue weighted by Crippen LogP contribution is 2.23. The van der Waals surface area contributed by atoms with Crippen molar-refractivity contribution >= 4 is 35.2 Å². The van der Waals surface area contributed by atoms with Crippen molar-refractivity contribution in [3.8, 4) is 5.75 Å². The summed E-state index contributed by atoms with van der Waals surface area (Å²) in [5.41, 5.74) is 2.88. The first kappa shape index (κ1) is 26.6. The van der Waals surface area contributed by atoms with Gasteiger partial charge in [0.1, 0.15) is 11.8 Å². The first-order valence-electron chi connectivity index (χ1n) is 11.6. The molecule has 0 saturated heterocycles. The van der Waals surface area contributed by atoms with Crippen LogP contribution in [0.25, 0.3) is 0 Å². The van der Waals surface area contributed by atoms with E-state index in [1.807, 2.05) is 85.8 Å². The van der Waals surface area contributed by atoms with Crippen LogP contribution >= 0.6 is 23.4 Å². The second kappa shape index (κ2) is 13.8. The van der Waals surface area contributed by atoms with E-state index in [-0.39, 0.29) is 17.6 Å². The number of likely N-dealkylation sites (N-methyl/N-ethyl adjacent to an activating group) is 1. The maximum Gasteiger partial charge on any atom is 0.243 e. The number of carbonyl (C=O) groups excluding carboxylic acids is 2. The molecule has 3 aromatic carbocycles. The Hall–Kier alpha value is -2.96. The lowest BCUT2D eigenvalue weighted by Crippen LogP contribution is -2.51. The third kappa shape index (κ3) is 8.05. The molecule has 3 rings (SSSR count). The van der Waals surface area contributed by atoms with Crippen molar-refractivity contribution in [1.82, 2.24) is 10.2 Å². The Labute approximate surface area is 216 Å². The molecule has 0 aliphatic heterocycles. The molecule has 0 spiro atoms. The lowest BCUT2D eigenvalue weighted by molar-refractivity contribution is -0.139. The van der Waals surface area contributed by atoms with Gasteiger partial charge in [-0.3, -0.25) is 9.59 Å². The highest BCUT2D eigenvalue weighted by Gasteiger charge is 2.30. The van der Waals surface area contributed by atoms with E-state index in [9.17, 15) is 9.59 Å². The van der Waals surface area contributed by atoms with Crippen molar-refractivity contribution in [3.63, 3.8) is 0 Å². The van der Waals surface area contributed by atoms with Gasteiger partial charge in [0, 0.05) is 30.3 Å². The molecular weight excluding hydrogens is 480 g/mol. The van der Waals surface area contributed by atoms with Crippen LogP contribution in [0.3, 0.4) is 0 Å². The minimum Gasteiger partial charge on any atom is -0.497 e. The summed E-state index contributed by atoms with van der Waals surface area (Å²) in [5, 5.41) is 3.60. The van der Waals surface area contributed by atoms with Crippen molar-refractivity contribution in [1.29, 1.82) is 0 Å². The summed E-state index contributed by atoms with van der Waals surface area (Å²) >= 11 is 7.77. The molecule has 0 heterocycles. The van der Waals surface area contributed by atoms with Gasteiger partial charge >= 0.3 is 0 Å². The molecule has 5 nitrogen and oxygen atoms in total. The molecule has 184 valence electrons. The molecule has 0 saturated carbocycles. The van der Waals surface area contributed by atoms with Gasteiger partial charge in [-0.25, -0.2) is 0 Å². The minimum atomic E-state index is -0.642. The predicted molar refractivity (Wildman–Crippen MR) is 144 cm³/mol. The Morgan fingerprint density at radius 1 is 1.00 bits per heavy atom. The zero-order valence-electron chi connectivity index (χ0n) is 20.1. The van der Waals surface area contributed by atoms with Crippen molar-refractivity contribution < 1.29 is 14.3 Å². The van der Waals surface area contributed by atoms with Crippen LogP contribution < -0.4 is 10.1 Å². The minimum absolute atomic E-state index is 0.0999.